The molecule has 0 radical (unpaired) electrons. The van der Waals surface area contributed by atoms with Gasteiger partial charge in [-0.3, -0.25) is 0 Å². The van der Waals surface area contributed by atoms with Crippen LogP contribution in [0.4, 0.5) is 0 Å². The molecule has 5 heteroatoms. The number of aliphatic hydroxyl groups excluding tert-OH is 1. The highest BCUT2D eigenvalue weighted by molar-refractivity contribution is 5.52. The number of benzene rings is 1. The van der Waals surface area contributed by atoms with Crippen LogP contribution in [0.25, 0.3) is 0 Å². The molecule has 0 aliphatic heterocycles. The van der Waals surface area contributed by atoms with Crippen LogP contribution in [0.2, 0.25) is 0 Å². The summed E-state index contributed by atoms with van der Waals surface area (Å²) in [6.45, 7) is 1.41. The Morgan fingerprint density at radius 2 is 1.83 bits per heavy atom. The van der Waals surface area contributed by atoms with Gasteiger partial charge in [-0.15, -0.1) is 0 Å². The molecule has 0 aromatic heterocycles. The highest BCUT2D eigenvalue weighted by atomic mass is 16.3. The lowest BCUT2D eigenvalue weighted by molar-refractivity contribution is 0.245. The molecule has 1 aliphatic rings. The predicted molar refractivity (Wildman–Crippen MR) is 66.5 cm³/mol. The fourth-order valence-corrected chi connectivity index (χ4v) is 2.14. The van der Waals surface area contributed by atoms with Gasteiger partial charge in [0.1, 0.15) is 0 Å². The number of hydrogen-bond acceptors (Lipinski definition) is 5. The third-order valence-electron chi connectivity index (χ3n) is 3.63. The standard InChI is InChI=1S/C13H19NO4/c15-6-5-13(3-4-13)8-14-7-9-1-2-10(16)12(18)11(9)17/h1-2,14-18H,3-8H2. The quantitative estimate of drug-likeness (QED) is 0.489. The molecule has 0 spiro atoms. The van der Waals surface area contributed by atoms with Crippen molar-refractivity contribution in [2.75, 3.05) is 13.2 Å². The zero-order valence-electron chi connectivity index (χ0n) is 10.2. The molecule has 5 N–H and O–H groups in total. The topological polar surface area (TPSA) is 93.0 Å². The van der Waals surface area contributed by atoms with Crippen LogP contribution in [0.5, 0.6) is 17.2 Å². The molecule has 1 aromatic rings. The number of rotatable bonds is 6. The summed E-state index contributed by atoms with van der Waals surface area (Å²) >= 11 is 0. The maximum Gasteiger partial charge on any atom is 0.200 e. The van der Waals surface area contributed by atoms with E-state index in [1.807, 2.05) is 0 Å². The van der Waals surface area contributed by atoms with E-state index in [0.717, 1.165) is 25.8 Å². The fraction of sp³-hybridized carbons (Fsp3) is 0.538. The van der Waals surface area contributed by atoms with Crippen LogP contribution in [0.1, 0.15) is 24.8 Å². The van der Waals surface area contributed by atoms with Gasteiger partial charge in [0, 0.05) is 25.3 Å². The Kier molecular flexibility index (Phi) is 3.63. The molecule has 0 heterocycles. The lowest BCUT2D eigenvalue weighted by atomic mass is 10.0. The third kappa shape index (κ3) is 2.68. The zero-order valence-corrected chi connectivity index (χ0v) is 10.2. The van der Waals surface area contributed by atoms with Crippen LogP contribution in [-0.4, -0.2) is 33.6 Å². The minimum Gasteiger partial charge on any atom is -0.504 e. The number of phenols is 3. The summed E-state index contributed by atoms with van der Waals surface area (Å²) in [7, 11) is 0. The Morgan fingerprint density at radius 1 is 1.11 bits per heavy atom. The minimum atomic E-state index is -0.481. The Balaban J connectivity index is 1.89. The molecule has 0 atom stereocenters. The van der Waals surface area contributed by atoms with Gasteiger partial charge in [0.15, 0.2) is 11.5 Å². The van der Waals surface area contributed by atoms with Crippen LogP contribution in [0.3, 0.4) is 0 Å². The first kappa shape index (κ1) is 13.0. The fourth-order valence-electron chi connectivity index (χ4n) is 2.14. The number of hydrogen-bond donors (Lipinski definition) is 5. The molecular weight excluding hydrogens is 234 g/mol. The van der Waals surface area contributed by atoms with Gasteiger partial charge in [-0.1, -0.05) is 6.07 Å². The molecule has 1 saturated carbocycles. The number of aromatic hydroxyl groups is 3. The van der Waals surface area contributed by atoms with Gasteiger partial charge in [0.05, 0.1) is 0 Å². The molecule has 5 nitrogen and oxygen atoms in total. The first-order valence-corrected chi connectivity index (χ1v) is 6.12. The average molecular weight is 253 g/mol. The second-order valence-electron chi connectivity index (χ2n) is 5.02. The lowest BCUT2D eigenvalue weighted by Crippen LogP contribution is -2.24. The summed E-state index contributed by atoms with van der Waals surface area (Å²) in [4.78, 5) is 0. The van der Waals surface area contributed by atoms with Crippen molar-refractivity contribution in [3.05, 3.63) is 17.7 Å². The van der Waals surface area contributed by atoms with Crippen molar-refractivity contribution in [1.82, 2.24) is 5.32 Å². The summed E-state index contributed by atoms with van der Waals surface area (Å²) in [6.07, 6.45) is 3.04. The van der Waals surface area contributed by atoms with E-state index in [1.165, 1.54) is 6.07 Å². The van der Waals surface area contributed by atoms with Crippen molar-refractivity contribution in [1.29, 1.82) is 0 Å². The second-order valence-corrected chi connectivity index (χ2v) is 5.02. The smallest absolute Gasteiger partial charge is 0.200 e. The molecule has 100 valence electrons. The molecule has 0 saturated heterocycles. The van der Waals surface area contributed by atoms with E-state index in [-0.39, 0.29) is 23.5 Å². The Hall–Kier alpha value is -1.46. The van der Waals surface area contributed by atoms with E-state index in [0.29, 0.717) is 12.1 Å². The predicted octanol–water partition coefficient (Wildman–Crippen LogP) is 1.06. The molecule has 0 unspecified atom stereocenters. The molecule has 1 fully saturated rings. The van der Waals surface area contributed by atoms with E-state index in [2.05, 4.69) is 5.32 Å². The number of nitrogens with one attached hydrogen (secondary N) is 1. The summed E-state index contributed by atoms with van der Waals surface area (Å²) in [5, 5.41) is 40.4. The summed E-state index contributed by atoms with van der Waals surface area (Å²) in [5.41, 5.74) is 0.758. The van der Waals surface area contributed by atoms with Crippen molar-refractivity contribution >= 4 is 0 Å². The normalized spacial score (nSPS) is 16.7. The Morgan fingerprint density at radius 3 is 2.44 bits per heavy atom. The molecule has 2 rings (SSSR count). The minimum absolute atomic E-state index is 0.201. The van der Waals surface area contributed by atoms with E-state index in [9.17, 15) is 15.3 Å². The molecular formula is C13H19NO4. The van der Waals surface area contributed by atoms with Crippen LogP contribution in [-0.2, 0) is 6.54 Å². The SMILES string of the molecule is OCCC1(CNCc2ccc(O)c(O)c2O)CC1. The van der Waals surface area contributed by atoms with Crippen molar-refractivity contribution in [3.63, 3.8) is 0 Å². The van der Waals surface area contributed by atoms with Gasteiger partial charge < -0.3 is 25.7 Å². The molecule has 18 heavy (non-hydrogen) atoms. The van der Waals surface area contributed by atoms with Crippen LogP contribution < -0.4 is 5.32 Å². The van der Waals surface area contributed by atoms with Crippen molar-refractivity contribution < 1.29 is 20.4 Å². The van der Waals surface area contributed by atoms with Crippen LogP contribution in [0, 0.1) is 5.41 Å². The molecule has 1 aromatic carbocycles. The van der Waals surface area contributed by atoms with Gasteiger partial charge in [-0.25, -0.2) is 0 Å². The monoisotopic (exact) mass is 253 g/mol. The van der Waals surface area contributed by atoms with Gasteiger partial charge in [0.2, 0.25) is 5.75 Å². The number of aliphatic hydroxyl groups is 1. The van der Waals surface area contributed by atoms with E-state index in [4.69, 9.17) is 5.11 Å². The van der Waals surface area contributed by atoms with Gasteiger partial charge in [0.25, 0.3) is 0 Å². The van der Waals surface area contributed by atoms with E-state index >= 15 is 0 Å². The summed E-state index contributed by atoms with van der Waals surface area (Å²) in [6, 6.07) is 2.93. The second kappa shape index (κ2) is 5.04. The molecule has 1 aliphatic carbocycles. The van der Waals surface area contributed by atoms with Crippen molar-refractivity contribution in [2.45, 2.75) is 25.8 Å². The highest BCUT2D eigenvalue weighted by Crippen LogP contribution is 2.48. The maximum atomic E-state index is 9.64. The summed E-state index contributed by atoms with van der Waals surface area (Å²) in [5.74, 6) is -1.09. The van der Waals surface area contributed by atoms with E-state index in [1.54, 1.807) is 6.07 Å². The zero-order chi connectivity index (χ0) is 13.2. The third-order valence-corrected chi connectivity index (χ3v) is 3.63. The van der Waals surface area contributed by atoms with E-state index < -0.39 is 5.75 Å². The largest absolute Gasteiger partial charge is 0.504 e. The van der Waals surface area contributed by atoms with Crippen LogP contribution >= 0.6 is 0 Å². The molecule has 0 bridgehead atoms. The Bertz CT molecular complexity index is 429. The van der Waals surface area contributed by atoms with Crippen LogP contribution in [0.15, 0.2) is 12.1 Å². The van der Waals surface area contributed by atoms with Crippen molar-refractivity contribution in [3.8, 4) is 17.2 Å². The van der Waals surface area contributed by atoms with Gasteiger partial charge in [-0.2, -0.15) is 0 Å². The Labute approximate surface area is 106 Å². The maximum absolute atomic E-state index is 9.64. The lowest BCUT2D eigenvalue weighted by Gasteiger charge is -2.15. The van der Waals surface area contributed by atoms with Gasteiger partial charge >= 0.3 is 0 Å². The first-order valence-electron chi connectivity index (χ1n) is 6.12. The first-order chi connectivity index (χ1) is 8.58. The van der Waals surface area contributed by atoms with Crippen molar-refractivity contribution in [2.24, 2.45) is 5.41 Å². The molecule has 0 amide bonds. The number of phenolic OH excluding ortho intramolecular Hbond substituents is 3. The summed E-state index contributed by atoms with van der Waals surface area (Å²) < 4.78 is 0. The van der Waals surface area contributed by atoms with Gasteiger partial charge in [-0.05, 0) is 30.7 Å². The highest BCUT2D eigenvalue weighted by Gasteiger charge is 2.41. The average Bonchev–Trinajstić information content (AvgIpc) is 3.10.